The molecule has 0 saturated carbocycles. The van der Waals surface area contributed by atoms with E-state index >= 15 is 0 Å². The average Bonchev–Trinajstić information content (AvgIpc) is 2.95. The summed E-state index contributed by atoms with van der Waals surface area (Å²) in [5.74, 6) is -0.390. The van der Waals surface area contributed by atoms with Crippen molar-refractivity contribution in [1.29, 1.82) is 0 Å². The number of carbonyl (C=O) groups excluding carboxylic acids is 1. The molecule has 0 fully saturated rings. The van der Waals surface area contributed by atoms with Crippen LogP contribution in [0.15, 0.2) is 28.8 Å². The molecule has 1 aromatic carbocycles. The Morgan fingerprint density at radius 3 is 3.00 bits per heavy atom. The molecule has 6 heteroatoms. The fraction of sp³-hybridized carbons (Fsp3) is 0.214. The van der Waals surface area contributed by atoms with Crippen LogP contribution in [0.4, 0.5) is 5.69 Å². The largest absolute Gasteiger partial charge is 0.481 e. The number of aliphatic carboxylic acids is 1. The van der Waals surface area contributed by atoms with Crippen LogP contribution in [0.3, 0.4) is 0 Å². The van der Waals surface area contributed by atoms with Gasteiger partial charge < -0.3 is 14.5 Å². The zero-order chi connectivity index (χ0) is 14.3. The SMILES string of the molecule is CN1C(=O)Cc2cc(-c3cc(CC(=O)O)no3)ccc21. The van der Waals surface area contributed by atoms with E-state index in [0.29, 0.717) is 17.9 Å². The van der Waals surface area contributed by atoms with Crippen LogP contribution in [0.25, 0.3) is 11.3 Å². The molecule has 102 valence electrons. The van der Waals surface area contributed by atoms with Crippen molar-refractivity contribution in [3.8, 4) is 11.3 Å². The first-order valence-corrected chi connectivity index (χ1v) is 6.12. The van der Waals surface area contributed by atoms with Crippen molar-refractivity contribution in [2.24, 2.45) is 0 Å². The molecule has 1 aliphatic heterocycles. The van der Waals surface area contributed by atoms with Crippen molar-refractivity contribution in [1.82, 2.24) is 5.16 Å². The Balaban J connectivity index is 1.92. The van der Waals surface area contributed by atoms with Gasteiger partial charge in [-0.25, -0.2) is 0 Å². The van der Waals surface area contributed by atoms with Gasteiger partial charge in [-0.15, -0.1) is 0 Å². The van der Waals surface area contributed by atoms with Crippen molar-refractivity contribution in [3.05, 3.63) is 35.5 Å². The molecule has 0 atom stereocenters. The summed E-state index contributed by atoms with van der Waals surface area (Å²) < 4.78 is 5.15. The molecule has 0 radical (unpaired) electrons. The normalized spacial score (nSPS) is 13.7. The molecule has 0 saturated heterocycles. The molecule has 0 unspecified atom stereocenters. The Labute approximate surface area is 114 Å². The summed E-state index contributed by atoms with van der Waals surface area (Å²) in [6.07, 6.45) is 0.200. The van der Waals surface area contributed by atoms with Gasteiger partial charge >= 0.3 is 5.97 Å². The number of anilines is 1. The van der Waals surface area contributed by atoms with Gasteiger partial charge in [-0.05, 0) is 23.8 Å². The molecule has 0 aliphatic carbocycles. The summed E-state index contributed by atoms with van der Waals surface area (Å²) in [6, 6.07) is 7.17. The minimum absolute atomic E-state index is 0.0567. The van der Waals surface area contributed by atoms with Gasteiger partial charge in [0.25, 0.3) is 0 Å². The molecule has 1 aromatic heterocycles. The second kappa shape index (κ2) is 4.48. The Morgan fingerprint density at radius 1 is 1.45 bits per heavy atom. The standard InChI is InChI=1S/C14H12N2O4/c1-16-11-3-2-8(4-9(11)5-13(16)17)12-6-10(15-20-12)7-14(18)19/h2-4,6H,5,7H2,1H3,(H,18,19). The predicted molar refractivity (Wildman–Crippen MR) is 70.4 cm³/mol. The van der Waals surface area contributed by atoms with Crippen molar-refractivity contribution in [2.45, 2.75) is 12.8 Å². The molecular weight excluding hydrogens is 260 g/mol. The van der Waals surface area contributed by atoms with E-state index in [1.807, 2.05) is 18.2 Å². The highest BCUT2D eigenvalue weighted by Gasteiger charge is 2.24. The number of amides is 1. The predicted octanol–water partition coefficient (Wildman–Crippen LogP) is 1.49. The van der Waals surface area contributed by atoms with Crippen molar-refractivity contribution >= 4 is 17.6 Å². The number of carboxylic acids is 1. The van der Waals surface area contributed by atoms with Crippen LogP contribution in [0.1, 0.15) is 11.3 Å². The van der Waals surface area contributed by atoms with Gasteiger partial charge in [0.05, 0.1) is 18.5 Å². The van der Waals surface area contributed by atoms with Crippen LogP contribution in [0.5, 0.6) is 0 Å². The van der Waals surface area contributed by atoms with Crippen LogP contribution in [0, 0.1) is 0 Å². The Hall–Kier alpha value is -2.63. The van der Waals surface area contributed by atoms with E-state index in [1.165, 1.54) is 0 Å². The maximum atomic E-state index is 11.6. The van der Waals surface area contributed by atoms with Crippen molar-refractivity contribution in [3.63, 3.8) is 0 Å². The first kappa shape index (κ1) is 12.4. The molecule has 1 aliphatic rings. The molecular formula is C14H12N2O4. The van der Waals surface area contributed by atoms with E-state index in [0.717, 1.165) is 16.8 Å². The fourth-order valence-corrected chi connectivity index (χ4v) is 2.31. The van der Waals surface area contributed by atoms with Crippen molar-refractivity contribution < 1.29 is 19.2 Å². The lowest BCUT2D eigenvalue weighted by Gasteiger charge is -2.09. The lowest BCUT2D eigenvalue weighted by molar-refractivity contribution is -0.136. The minimum atomic E-state index is -0.953. The molecule has 3 rings (SSSR count). The van der Waals surface area contributed by atoms with Crippen LogP contribution in [0.2, 0.25) is 0 Å². The van der Waals surface area contributed by atoms with E-state index in [-0.39, 0.29) is 12.3 Å². The Kier molecular flexibility index (Phi) is 2.78. The van der Waals surface area contributed by atoms with E-state index < -0.39 is 5.97 Å². The number of likely N-dealkylation sites (N-methyl/N-ethyl adjacent to an activating group) is 1. The Morgan fingerprint density at radius 2 is 2.25 bits per heavy atom. The van der Waals surface area contributed by atoms with E-state index in [1.54, 1.807) is 18.0 Å². The topological polar surface area (TPSA) is 83.6 Å². The Bertz CT molecular complexity index is 705. The summed E-state index contributed by atoms with van der Waals surface area (Å²) >= 11 is 0. The first-order valence-electron chi connectivity index (χ1n) is 6.12. The van der Waals surface area contributed by atoms with Crippen molar-refractivity contribution in [2.75, 3.05) is 11.9 Å². The van der Waals surface area contributed by atoms with E-state index in [2.05, 4.69) is 5.16 Å². The third-order valence-corrected chi connectivity index (χ3v) is 3.33. The van der Waals surface area contributed by atoms with Gasteiger partial charge in [-0.1, -0.05) is 5.16 Å². The van der Waals surface area contributed by atoms with Crippen LogP contribution in [-0.4, -0.2) is 29.2 Å². The highest BCUT2D eigenvalue weighted by molar-refractivity contribution is 6.01. The minimum Gasteiger partial charge on any atom is -0.481 e. The summed E-state index contributed by atoms with van der Waals surface area (Å²) in [6.45, 7) is 0. The lowest BCUT2D eigenvalue weighted by atomic mass is 10.1. The number of aromatic nitrogens is 1. The van der Waals surface area contributed by atoms with Crippen LogP contribution < -0.4 is 4.90 Å². The second-order valence-corrected chi connectivity index (χ2v) is 4.73. The number of hydrogen-bond donors (Lipinski definition) is 1. The summed E-state index contributed by atoms with van der Waals surface area (Å²) in [7, 11) is 1.74. The number of carbonyl (C=O) groups is 2. The third-order valence-electron chi connectivity index (χ3n) is 3.33. The third kappa shape index (κ3) is 2.05. The second-order valence-electron chi connectivity index (χ2n) is 4.73. The molecule has 2 aromatic rings. The smallest absolute Gasteiger partial charge is 0.309 e. The summed E-state index contributed by atoms with van der Waals surface area (Å²) in [4.78, 5) is 23.9. The number of benzene rings is 1. The highest BCUT2D eigenvalue weighted by Crippen LogP contribution is 2.32. The zero-order valence-electron chi connectivity index (χ0n) is 10.8. The first-order chi connectivity index (χ1) is 9.54. The van der Waals surface area contributed by atoms with E-state index in [4.69, 9.17) is 9.63 Å². The van der Waals surface area contributed by atoms with Gasteiger partial charge in [-0.3, -0.25) is 9.59 Å². The number of nitrogens with zero attached hydrogens (tertiary/aromatic N) is 2. The lowest BCUT2D eigenvalue weighted by Crippen LogP contribution is -2.20. The van der Waals surface area contributed by atoms with Gasteiger partial charge in [0, 0.05) is 24.4 Å². The maximum Gasteiger partial charge on any atom is 0.309 e. The number of hydrogen-bond acceptors (Lipinski definition) is 4. The monoisotopic (exact) mass is 272 g/mol. The molecule has 1 amide bonds. The molecule has 6 nitrogen and oxygen atoms in total. The number of carboxylic acid groups (broad SMARTS) is 1. The number of fused-ring (bicyclic) bond motifs is 1. The van der Waals surface area contributed by atoms with E-state index in [9.17, 15) is 9.59 Å². The molecule has 0 bridgehead atoms. The summed E-state index contributed by atoms with van der Waals surface area (Å²) in [5.41, 5.74) is 2.99. The van der Waals surface area contributed by atoms with Crippen LogP contribution in [-0.2, 0) is 22.4 Å². The molecule has 0 spiro atoms. The van der Waals surface area contributed by atoms with Gasteiger partial charge in [0.2, 0.25) is 5.91 Å². The fourth-order valence-electron chi connectivity index (χ4n) is 2.31. The van der Waals surface area contributed by atoms with Gasteiger partial charge in [0.1, 0.15) is 0 Å². The highest BCUT2D eigenvalue weighted by atomic mass is 16.5. The van der Waals surface area contributed by atoms with Crippen LogP contribution >= 0.6 is 0 Å². The molecule has 1 N–H and O–H groups in total. The average molecular weight is 272 g/mol. The quantitative estimate of drug-likeness (QED) is 0.915. The number of rotatable bonds is 3. The maximum absolute atomic E-state index is 11.6. The molecule has 2 heterocycles. The molecule has 20 heavy (non-hydrogen) atoms. The van der Waals surface area contributed by atoms with Gasteiger partial charge in [-0.2, -0.15) is 0 Å². The van der Waals surface area contributed by atoms with Gasteiger partial charge in [0.15, 0.2) is 5.76 Å². The summed E-state index contributed by atoms with van der Waals surface area (Å²) in [5, 5.41) is 12.4. The zero-order valence-corrected chi connectivity index (χ0v) is 10.8.